The number of hydrogen-bond acceptors (Lipinski definition) is 4. The Labute approximate surface area is 195 Å². The Morgan fingerprint density at radius 2 is 1.69 bits per heavy atom. The SMILES string of the molecule is C[C@@H](C(=O)OCc1ccccc1)N(P)c1ccccc1.Oc1ccc(Br)cc1I. The molecule has 0 heterocycles. The fourth-order valence-corrected chi connectivity index (χ4v) is 3.87. The highest BCUT2D eigenvalue weighted by atomic mass is 127. The lowest BCUT2D eigenvalue weighted by Crippen LogP contribution is -2.33. The van der Waals surface area contributed by atoms with Crippen LogP contribution in [-0.4, -0.2) is 17.1 Å². The number of para-hydroxylation sites is 1. The number of halogens is 2. The van der Waals surface area contributed by atoms with E-state index in [1.54, 1.807) is 12.1 Å². The molecule has 1 unspecified atom stereocenters. The molecule has 3 aromatic carbocycles. The fourth-order valence-electron chi connectivity index (χ4n) is 2.27. The number of aromatic hydroxyl groups is 1. The molecule has 0 aliphatic heterocycles. The van der Waals surface area contributed by atoms with E-state index in [0.717, 1.165) is 19.3 Å². The summed E-state index contributed by atoms with van der Waals surface area (Å²) in [4.78, 5) is 12.1. The molecule has 152 valence electrons. The molecule has 0 amide bonds. The molecule has 3 rings (SSSR count). The van der Waals surface area contributed by atoms with E-state index >= 15 is 0 Å². The van der Waals surface area contributed by atoms with Crippen LogP contribution in [-0.2, 0) is 16.1 Å². The van der Waals surface area contributed by atoms with Crippen molar-refractivity contribution in [2.24, 2.45) is 0 Å². The third-order valence-corrected chi connectivity index (χ3v) is 6.05. The quantitative estimate of drug-likeness (QED) is 0.221. The third-order valence-electron chi connectivity index (χ3n) is 3.95. The number of nitrogens with zero attached hydrogens (tertiary/aromatic N) is 1. The molecule has 7 heteroatoms. The van der Waals surface area contributed by atoms with Crippen LogP contribution in [0.25, 0.3) is 0 Å². The van der Waals surface area contributed by atoms with Crippen LogP contribution in [0.1, 0.15) is 12.5 Å². The molecule has 0 aliphatic carbocycles. The van der Waals surface area contributed by atoms with Crippen LogP contribution in [0.5, 0.6) is 5.75 Å². The first-order valence-electron chi connectivity index (χ1n) is 8.82. The molecule has 0 fully saturated rings. The number of ether oxygens (including phenoxy) is 1. The topological polar surface area (TPSA) is 49.8 Å². The maximum Gasteiger partial charge on any atom is 0.329 e. The normalized spacial score (nSPS) is 11.0. The number of carbonyl (C=O) groups is 1. The molecule has 1 N–H and O–H groups in total. The van der Waals surface area contributed by atoms with Crippen molar-refractivity contribution in [2.75, 3.05) is 4.67 Å². The highest BCUT2D eigenvalue weighted by Crippen LogP contribution is 2.23. The maximum atomic E-state index is 12.1. The lowest BCUT2D eigenvalue weighted by Gasteiger charge is -2.24. The van der Waals surface area contributed by atoms with Crippen molar-refractivity contribution < 1.29 is 14.6 Å². The van der Waals surface area contributed by atoms with E-state index in [-0.39, 0.29) is 12.0 Å². The summed E-state index contributed by atoms with van der Waals surface area (Å²) in [5.74, 6) is 0.0894. The van der Waals surface area contributed by atoms with E-state index in [1.165, 1.54) is 0 Å². The Morgan fingerprint density at radius 3 is 2.24 bits per heavy atom. The van der Waals surface area contributed by atoms with Gasteiger partial charge in [0, 0.05) is 10.2 Å². The van der Waals surface area contributed by atoms with Crippen LogP contribution in [0.15, 0.2) is 83.3 Å². The lowest BCUT2D eigenvalue weighted by atomic mass is 10.2. The number of anilines is 1. The Balaban J connectivity index is 0.000000278. The van der Waals surface area contributed by atoms with Crippen molar-refractivity contribution in [2.45, 2.75) is 19.6 Å². The van der Waals surface area contributed by atoms with Gasteiger partial charge in [-0.1, -0.05) is 64.5 Å². The predicted octanol–water partition coefficient (Wildman–Crippen LogP) is 6.17. The average Bonchev–Trinajstić information content (AvgIpc) is 2.75. The number of phenols is 1. The maximum absolute atomic E-state index is 12.1. The monoisotopic (exact) mass is 585 g/mol. The largest absolute Gasteiger partial charge is 0.507 e. The van der Waals surface area contributed by atoms with Gasteiger partial charge in [0.2, 0.25) is 0 Å². The van der Waals surface area contributed by atoms with Crippen molar-refractivity contribution >= 4 is 59.6 Å². The minimum atomic E-state index is -0.355. The molecular weight excluding hydrogens is 564 g/mol. The second-order valence-corrected chi connectivity index (χ2v) is 8.74. The average molecular weight is 586 g/mol. The molecule has 4 nitrogen and oxygen atoms in total. The molecule has 0 bridgehead atoms. The van der Waals surface area contributed by atoms with Gasteiger partial charge < -0.3 is 14.5 Å². The number of carbonyl (C=O) groups excluding carboxylic acids is 1. The van der Waals surface area contributed by atoms with Gasteiger partial charge in [0.15, 0.2) is 0 Å². The van der Waals surface area contributed by atoms with E-state index in [1.807, 2.05) is 78.3 Å². The molecule has 2 atom stereocenters. The summed E-state index contributed by atoms with van der Waals surface area (Å²) in [6.45, 7) is 2.13. The smallest absolute Gasteiger partial charge is 0.329 e. The Hall–Kier alpha value is -1.63. The van der Waals surface area contributed by atoms with Crippen molar-refractivity contribution in [1.29, 1.82) is 0 Å². The zero-order valence-electron chi connectivity index (χ0n) is 15.8. The third kappa shape index (κ3) is 7.96. The van der Waals surface area contributed by atoms with Crippen LogP contribution in [0, 0.1) is 3.57 Å². The fraction of sp³-hybridized carbons (Fsp3) is 0.136. The second-order valence-electron chi connectivity index (χ2n) is 6.11. The predicted molar refractivity (Wildman–Crippen MR) is 133 cm³/mol. The van der Waals surface area contributed by atoms with E-state index in [9.17, 15) is 4.79 Å². The summed E-state index contributed by atoms with van der Waals surface area (Å²) >= 11 is 5.35. The van der Waals surface area contributed by atoms with Gasteiger partial charge in [0.1, 0.15) is 18.4 Å². The highest BCUT2D eigenvalue weighted by molar-refractivity contribution is 14.1. The van der Waals surface area contributed by atoms with Crippen LogP contribution in [0.4, 0.5) is 5.69 Å². The first kappa shape index (κ1) is 23.6. The van der Waals surface area contributed by atoms with Gasteiger partial charge in [-0.05, 0) is 74.8 Å². The molecule has 0 saturated heterocycles. The zero-order valence-corrected chi connectivity index (χ0v) is 20.7. The summed E-state index contributed by atoms with van der Waals surface area (Å²) in [7, 11) is 2.57. The molecule has 0 saturated carbocycles. The van der Waals surface area contributed by atoms with Crippen LogP contribution < -0.4 is 4.67 Å². The zero-order chi connectivity index (χ0) is 21.2. The van der Waals surface area contributed by atoms with E-state index in [4.69, 9.17) is 9.84 Å². The number of phenolic OH excluding ortho intramolecular Hbond substituents is 1. The van der Waals surface area contributed by atoms with Gasteiger partial charge in [-0.3, -0.25) is 0 Å². The van der Waals surface area contributed by atoms with Gasteiger partial charge in [0.05, 0.1) is 3.57 Å². The van der Waals surface area contributed by atoms with E-state index in [0.29, 0.717) is 12.4 Å². The van der Waals surface area contributed by atoms with Crippen molar-refractivity contribution in [3.05, 3.63) is 92.5 Å². The standard InChI is InChI=1S/C16H18NO2P.C6H4BrIO/c1-13(17(20)15-10-6-3-7-11-15)16(18)19-12-14-8-4-2-5-9-14;7-4-1-2-6(9)5(8)3-4/h2-11,13H,12,20H2,1H3;1-3,9H/t13-;/m0./s1. The van der Waals surface area contributed by atoms with Crippen molar-refractivity contribution in [3.63, 3.8) is 0 Å². The number of rotatable bonds is 5. The van der Waals surface area contributed by atoms with Gasteiger partial charge in [-0.25, -0.2) is 4.79 Å². The molecule has 3 aromatic rings. The van der Waals surface area contributed by atoms with E-state index in [2.05, 4.69) is 47.9 Å². The first-order valence-corrected chi connectivity index (χ1v) is 11.2. The second kappa shape index (κ2) is 12.2. The van der Waals surface area contributed by atoms with E-state index < -0.39 is 0 Å². The van der Waals surface area contributed by atoms with Crippen molar-refractivity contribution in [3.8, 4) is 5.75 Å². The van der Waals surface area contributed by atoms with Crippen molar-refractivity contribution in [1.82, 2.24) is 0 Å². The Kier molecular flexibility index (Phi) is 9.91. The minimum absolute atomic E-state index is 0.243. The number of hydrogen-bond donors (Lipinski definition) is 1. The highest BCUT2D eigenvalue weighted by Gasteiger charge is 2.20. The van der Waals surface area contributed by atoms with Gasteiger partial charge in [-0.15, -0.1) is 0 Å². The number of esters is 1. The Bertz CT molecular complexity index is 912. The van der Waals surface area contributed by atoms with Gasteiger partial charge in [-0.2, -0.15) is 0 Å². The molecule has 0 radical (unpaired) electrons. The minimum Gasteiger partial charge on any atom is -0.507 e. The summed E-state index contributed by atoms with van der Waals surface area (Å²) < 4.78 is 9.02. The van der Waals surface area contributed by atoms with Gasteiger partial charge >= 0.3 is 5.97 Å². The molecule has 29 heavy (non-hydrogen) atoms. The summed E-state index contributed by atoms with van der Waals surface area (Å²) in [6, 6.07) is 24.4. The summed E-state index contributed by atoms with van der Waals surface area (Å²) in [5, 5.41) is 9.02. The van der Waals surface area contributed by atoms with Crippen LogP contribution >= 0.6 is 47.9 Å². The van der Waals surface area contributed by atoms with Crippen LogP contribution in [0.2, 0.25) is 0 Å². The molecule has 0 aromatic heterocycles. The van der Waals surface area contributed by atoms with Gasteiger partial charge in [0.25, 0.3) is 0 Å². The molecule has 0 aliphatic rings. The Morgan fingerprint density at radius 1 is 1.10 bits per heavy atom. The first-order chi connectivity index (χ1) is 13.9. The van der Waals surface area contributed by atoms with Crippen LogP contribution in [0.3, 0.4) is 0 Å². The molecular formula is C22H22BrINO3P. The summed E-state index contributed by atoms with van der Waals surface area (Å²) in [6.07, 6.45) is 0. The molecule has 0 spiro atoms. The number of benzene rings is 3. The summed E-state index contributed by atoms with van der Waals surface area (Å²) in [5.41, 5.74) is 1.95. The lowest BCUT2D eigenvalue weighted by molar-refractivity contribution is -0.145.